The van der Waals surface area contributed by atoms with Crippen LogP contribution in [0, 0.1) is 6.92 Å². The minimum absolute atomic E-state index is 0.614. The Kier molecular flexibility index (Phi) is 9.59. The molecule has 1 atom stereocenters. The van der Waals surface area contributed by atoms with Gasteiger partial charge in [-0.15, -0.1) is 0 Å². The summed E-state index contributed by atoms with van der Waals surface area (Å²) >= 11 is 0. The van der Waals surface area contributed by atoms with Crippen LogP contribution in [-0.2, 0) is 11.8 Å². The van der Waals surface area contributed by atoms with Crippen molar-refractivity contribution in [3.63, 3.8) is 0 Å². The zero-order chi connectivity index (χ0) is 47.9. The zero-order valence-electron chi connectivity index (χ0n) is 39.9. The van der Waals surface area contributed by atoms with Crippen LogP contribution in [0.25, 0.3) is 89.8 Å². The lowest BCUT2D eigenvalue weighted by Gasteiger charge is -2.31. The maximum atomic E-state index is 5.26. The lowest BCUT2D eigenvalue weighted by atomic mass is 9.70. The van der Waals surface area contributed by atoms with Gasteiger partial charge in [0.05, 0.1) is 11.1 Å². The highest BCUT2D eigenvalue weighted by molar-refractivity contribution is 6.03. The third-order valence-corrected chi connectivity index (χ3v) is 15.3. The molecule has 10 aromatic carbocycles. The predicted molar refractivity (Wildman–Crippen MR) is 295 cm³/mol. The van der Waals surface area contributed by atoms with Crippen LogP contribution >= 0.6 is 0 Å². The van der Waals surface area contributed by atoms with Crippen LogP contribution in [0.15, 0.2) is 236 Å². The number of hydrogen-bond donors (Lipinski definition) is 0. The average molecular weight is 919 g/mol. The largest absolute Gasteiger partial charge is 0.253 e. The van der Waals surface area contributed by atoms with E-state index >= 15 is 0 Å². The number of benzene rings is 10. The van der Waals surface area contributed by atoms with Gasteiger partial charge in [-0.2, -0.15) is 0 Å². The summed E-state index contributed by atoms with van der Waals surface area (Å²) in [6, 6.07) is 83.7. The summed E-state index contributed by atoms with van der Waals surface area (Å²) < 4.78 is 0. The van der Waals surface area contributed by atoms with Crippen molar-refractivity contribution in [1.29, 1.82) is 0 Å². The average Bonchev–Trinajstić information content (AvgIpc) is 4.08. The van der Waals surface area contributed by atoms with Gasteiger partial charge in [0.1, 0.15) is 0 Å². The number of para-hydroxylation sites is 1. The summed E-state index contributed by atoms with van der Waals surface area (Å²) in [4.78, 5) is 20.7. The van der Waals surface area contributed by atoms with E-state index in [2.05, 4.69) is 208 Å². The first-order chi connectivity index (χ1) is 35.5. The molecule has 14 rings (SSSR count). The van der Waals surface area contributed by atoms with E-state index in [0.717, 1.165) is 62.3 Å². The molecule has 3 aliphatic carbocycles. The number of rotatable bonds is 7. The number of aliphatic imine (C=N–C) groups is 1. The summed E-state index contributed by atoms with van der Waals surface area (Å²) in [5.74, 6) is 1.92. The van der Waals surface area contributed by atoms with Crippen LogP contribution in [-0.4, -0.2) is 20.7 Å². The Labute approximate surface area is 419 Å². The molecule has 1 unspecified atom stereocenters. The Morgan fingerprint density at radius 3 is 1.47 bits per heavy atom. The summed E-state index contributed by atoms with van der Waals surface area (Å²) in [5, 5.41) is 0. The zero-order valence-corrected chi connectivity index (χ0v) is 39.9. The maximum absolute atomic E-state index is 5.26. The summed E-state index contributed by atoms with van der Waals surface area (Å²) in [6.07, 6.45) is 0.964. The molecule has 0 saturated heterocycles. The van der Waals surface area contributed by atoms with E-state index in [0.29, 0.717) is 17.5 Å². The molecule has 338 valence electrons. The van der Waals surface area contributed by atoms with Crippen molar-refractivity contribution in [2.75, 3.05) is 0 Å². The first-order valence-electron chi connectivity index (χ1n) is 24.8. The highest BCUT2D eigenvalue weighted by atomic mass is 15.0. The summed E-state index contributed by atoms with van der Waals surface area (Å²) in [6.45, 7) is 4.27. The van der Waals surface area contributed by atoms with Crippen LogP contribution in [0.1, 0.15) is 51.4 Å². The van der Waals surface area contributed by atoms with Gasteiger partial charge in [-0.3, -0.25) is 4.99 Å². The van der Waals surface area contributed by atoms with Crippen LogP contribution < -0.4 is 0 Å². The van der Waals surface area contributed by atoms with E-state index in [1.807, 2.05) is 36.4 Å². The third kappa shape index (κ3) is 6.60. The molecule has 0 aliphatic heterocycles. The molecule has 0 N–H and O–H groups in total. The van der Waals surface area contributed by atoms with E-state index < -0.39 is 5.41 Å². The van der Waals surface area contributed by atoms with Gasteiger partial charge in [0, 0.05) is 22.4 Å². The fraction of sp³-hybridized carbons (Fsp3) is 0.0588. The molecule has 4 heteroatoms. The molecular weight excluding hydrogens is 873 g/mol. The Balaban J connectivity index is 0.974. The second-order valence-corrected chi connectivity index (χ2v) is 19.4. The first-order valence-corrected chi connectivity index (χ1v) is 24.8. The number of aromatic nitrogens is 3. The minimum Gasteiger partial charge on any atom is -0.253 e. The van der Waals surface area contributed by atoms with Gasteiger partial charge in [-0.05, 0) is 163 Å². The second-order valence-electron chi connectivity index (χ2n) is 19.4. The van der Waals surface area contributed by atoms with Gasteiger partial charge in [-0.1, -0.05) is 188 Å². The molecule has 0 fully saturated rings. The minimum atomic E-state index is -0.614. The molecule has 11 aromatic rings. The Hall–Kier alpha value is -9.12. The normalized spacial score (nSPS) is 14.6. The quantitative estimate of drug-likeness (QED) is 0.150. The molecule has 0 bridgehead atoms. The smallest absolute Gasteiger partial charge is 0.164 e. The molecule has 72 heavy (non-hydrogen) atoms. The number of hydrogen-bond acceptors (Lipinski definition) is 4. The standard InChI is InChI=1S/C68H46N4/c1-42-17-9-16-28-64(42)69-43(2)51-36-52(46-29-30-49-35-48-22-10-11-23-54(48)59(49)39-46)38-53(37-51)47-31-33-57-55-24-12-14-26-60(55)68(62(57)40-47)61-27-15-13-25-56(61)58-34-32-50(41-63(58)68)67-71-65(44-18-5-3-6-19-44)70-66(72-67)45-20-7-4-8-21-45/h3-34,36-41H,35H2,1-2H3/b69-43+. The molecule has 1 aromatic heterocycles. The van der Waals surface area contributed by atoms with Crippen LogP contribution in [0.3, 0.4) is 0 Å². The topological polar surface area (TPSA) is 51.0 Å². The summed E-state index contributed by atoms with van der Waals surface area (Å²) in [7, 11) is 0. The van der Waals surface area contributed by atoms with Gasteiger partial charge < -0.3 is 0 Å². The Morgan fingerprint density at radius 1 is 0.361 bits per heavy atom. The van der Waals surface area contributed by atoms with Crippen LogP contribution in [0.2, 0.25) is 0 Å². The van der Waals surface area contributed by atoms with Gasteiger partial charge in [-0.25, -0.2) is 15.0 Å². The van der Waals surface area contributed by atoms with Crippen LogP contribution in [0.4, 0.5) is 5.69 Å². The van der Waals surface area contributed by atoms with E-state index in [9.17, 15) is 0 Å². The van der Waals surface area contributed by atoms with Crippen molar-refractivity contribution in [1.82, 2.24) is 15.0 Å². The van der Waals surface area contributed by atoms with Gasteiger partial charge in [0.25, 0.3) is 0 Å². The third-order valence-electron chi connectivity index (χ3n) is 15.3. The van der Waals surface area contributed by atoms with Gasteiger partial charge >= 0.3 is 0 Å². The highest BCUT2D eigenvalue weighted by Gasteiger charge is 2.52. The Morgan fingerprint density at radius 2 is 0.833 bits per heavy atom. The second kappa shape index (κ2) is 16.5. The van der Waals surface area contributed by atoms with E-state index in [1.54, 1.807) is 0 Å². The molecule has 3 aliphatic rings. The molecule has 0 radical (unpaired) electrons. The summed E-state index contributed by atoms with van der Waals surface area (Å²) in [5.41, 5.74) is 26.5. The first kappa shape index (κ1) is 41.8. The SMILES string of the molecule is C/C(=N\c1ccccc1C)c1cc(-c2ccc3c(c2)-c2ccccc2C3)cc(-c2ccc3c(c2)C2(c4ccccc4-3)c3ccccc3-c3ccc(-c4nc(-c5ccccc5)nc(-c5ccccc5)n4)cc32)c1. The molecule has 0 saturated carbocycles. The number of fused-ring (bicyclic) bond motifs is 13. The molecule has 0 amide bonds. The van der Waals surface area contributed by atoms with Gasteiger partial charge in [0.2, 0.25) is 0 Å². The predicted octanol–water partition coefficient (Wildman–Crippen LogP) is 16.6. The van der Waals surface area contributed by atoms with Crippen molar-refractivity contribution >= 4 is 11.4 Å². The lowest BCUT2D eigenvalue weighted by Crippen LogP contribution is -2.26. The maximum Gasteiger partial charge on any atom is 0.164 e. The Bertz CT molecular complexity index is 3970. The molecule has 4 nitrogen and oxygen atoms in total. The van der Waals surface area contributed by atoms with Crippen molar-refractivity contribution < 1.29 is 0 Å². The van der Waals surface area contributed by atoms with Crippen molar-refractivity contribution in [3.8, 4) is 89.8 Å². The number of aryl methyl sites for hydroxylation is 1. The monoisotopic (exact) mass is 918 g/mol. The fourth-order valence-electron chi connectivity index (χ4n) is 11.8. The fourth-order valence-corrected chi connectivity index (χ4v) is 11.8. The van der Waals surface area contributed by atoms with E-state index in [4.69, 9.17) is 19.9 Å². The molecule has 1 spiro atoms. The molecule has 1 heterocycles. The molecular formula is C68H46N4. The van der Waals surface area contributed by atoms with Crippen LogP contribution in [0.5, 0.6) is 0 Å². The van der Waals surface area contributed by atoms with Crippen molar-refractivity contribution in [2.24, 2.45) is 4.99 Å². The van der Waals surface area contributed by atoms with Crippen molar-refractivity contribution in [3.05, 3.63) is 275 Å². The number of nitrogens with zero attached hydrogens (tertiary/aromatic N) is 4. The van der Waals surface area contributed by atoms with Gasteiger partial charge in [0.15, 0.2) is 17.5 Å². The lowest BCUT2D eigenvalue weighted by molar-refractivity contribution is 0.794. The highest BCUT2D eigenvalue weighted by Crippen LogP contribution is 2.63. The van der Waals surface area contributed by atoms with E-state index in [-0.39, 0.29) is 0 Å². The van der Waals surface area contributed by atoms with E-state index in [1.165, 1.54) is 72.3 Å². The van der Waals surface area contributed by atoms with Crippen molar-refractivity contribution in [2.45, 2.75) is 25.7 Å².